The van der Waals surface area contributed by atoms with Crippen molar-refractivity contribution >= 4 is 23.2 Å². The van der Waals surface area contributed by atoms with Gasteiger partial charge < -0.3 is 39.4 Å². The van der Waals surface area contributed by atoms with Crippen molar-refractivity contribution in [2.75, 3.05) is 64.2 Å². The first-order valence-corrected chi connectivity index (χ1v) is 15.0. The summed E-state index contributed by atoms with van der Waals surface area (Å²) in [5.41, 5.74) is 4.89. The number of carbonyl (C=O) groups excluding carboxylic acids is 2. The molecule has 6 rings (SSSR count). The Morgan fingerprint density at radius 2 is 1.14 bits per heavy atom. The van der Waals surface area contributed by atoms with E-state index in [0.29, 0.717) is 73.5 Å². The summed E-state index contributed by atoms with van der Waals surface area (Å²) in [6.07, 6.45) is 4.20. The number of nitrogens with one attached hydrogen (secondary N) is 2. The van der Waals surface area contributed by atoms with Crippen LogP contribution in [0, 0.1) is 0 Å². The lowest BCUT2D eigenvalue weighted by Crippen LogP contribution is -2.36. The molecular formula is C33H40N4O6. The molecule has 0 spiro atoms. The quantitative estimate of drug-likeness (QED) is 0.304. The van der Waals surface area contributed by atoms with Crippen molar-refractivity contribution in [3.05, 3.63) is 59.7 Å². The van der Waals surface area contributed by atoms with Gasteiger partial charge in [0.1, 0.15) is 0 Å². The highest BCUT2D eigenvalue weighted by atomic mass is 16.5. The number of rotatable bonds is 10. The summed E-state index contributed by atoms with van der Waals surface area (Å²) in [6.45, 7) is 11.7. The van der Waals surface area contributed by atoms with Crippen LogP contribution in [0.5, 0.6) is 23.0 Å². The van der Waals surface area contributed by atoms with Crippen molar-refractivity contribution in [1.82, 2.24) is 9.80 Å². The molecule has 2 fully saturated rings. The van der Waals surface area contributed by atoms with E-state index in [-0.39, 0.29) is 23.9 Å². The highest BCUT2D eigenvalue weighted by Gasteiger charge is 2.37. The minimum absolute atomic E-state index is 0.00591. The summed E-state index contributed by atoms with van der Waals surface area (Å²) >= 11 is 0. The van der Waals surface area contributed by atoms with Crippen molar-refractivity contribution in [3.8, 4) is 23.0 Å². The molecule has 1 unspecified atom stereocenters. The molecule has 2 N–H and O–H groups in total. The molecule has 4 aliphatic heterocycles. The number of hydrogen-bond donors (Lipinski definition) is 2. The SMILES string of the molecule is C=C1CC2CNc3cc(OCCCCCOc4cc5c(cc4OC)C(=O)N4CC(=C)C[C@H]4CN5)c(OC)cc3C(=O)N2C1. The molecule has 4 aliphatic rings. The average molecular weight is 589 g/mol. The highest BCUT2D eigenvalue weighted by Crippen LogP contribution is 2.39. The van der Waals surface area contributed by atoms with Crippen molar-refractivity contribution in [2.45, 2.75) is 44.2 Å². The van der Waals surface area contributed by atoms with Crippen LogP contribution in [0.4, 0.5) is 11.4 Å². The Morgan fingerprint density at radius 3 is 1.56 bits per heavy atom. The number of nitrogens with zero attached hydrogens (tertiary/aromatic N) is 2. The number of hydrogen-bond acceptors (Lipinski definition) is 8. The van der Waals surface area contributed by atoms with Gasteiger partial charge in [0.05, 0.1) is 62.0 Å². The third-order valence-electron chi connectivity index (χ3n) is 8.67. The predicted molar refractivity (Wildman–Crippen MR) is 165 cm³/mol. The number of unbranched alkanes of at least 4 members (excludes halogenated alkanes) is 2. The lowest BCUT2D eigenvalue weighted by atomic mass is 10.1. The minimum Gasteiger partial charge on any atom is -0.493 e. The Hall–Kier alpha value is -4.34. The predicted octanol–water partition coefficient (Wildman–Crippen LogP) is 4.72. The third kappa shape index (κ3) is 5.70. The van der Waals surface area contributed by atoms with Gasteiger partial charge in [0.25, 0.3) is 11.8 Å². The molecule has 10 heteroatoms. The molecule has 2 saturated heterocycles. The second-order valence-corrected chi connectivity index (χ2v) is 11.7. The summed E-state index contributed by atoms with van der Waals surface area (Å²) in [7, 11) is 3.17. The summed E-state index contributed by atoms with van der Waals surface area (Å²) in [4.78, 5) is 30.2. The summed E-state index contributed by atoms with van der Waals surface area (Å²) in [5, 5.41) is 6.85. The van der Waals surface area contributed by atoms with Gasteiger partial charge >= 0.3 is 0 Å². The van der Waals surface area contributed by atoms with Crippen LogP contribution in [0.1, 0.15) is 52.8 Å². The number of benzene rings is 2. The molecule has 2 atom stereocenters. The largest absolute Gasteiger partial charge is 0.493 e. The van der Waals surface area contributed by atoms with E-state index in [1.54, 1.807) is 26.4 Å². The molecule has 2 aromatic rings. The second-order valence-electron chi connectivity index (χ2n) is 11.7. The van der Waals surface area contributed by atoms with Crippen molar-refractivity contribution in [3.63, 3.8) is 0 Å². The van der Waals surface area contributed by atoms with Crippen LogP contribution in [0.15, 0.2) is 48.6 Å². The highest BCUT2D eigenvalue weighted by molar-refractivity contribution is 6.02. The van der Waals surface area contributed by atoms with Gasteiger partial charge in [-0.05, 0) is 44.2 Å². The van der Waals surface area contributed by atoms with E-state index >= 15 is 0 Å². The molecule has 228 valence electrons. The maximum absolute atomic E-state index is 13.2. The second kappa shape index (κ2) is 12.1. The molecule has 0 aromatic heterocycles. The molecule has 2 aromatic carbocycles. The first-order valence-electron chi connectivity index (χ1n) is 15.0. The van der Waals surface area contributed by atoms with Crippen LogP contribution in [-0.4, -0.2) is 87.3 Å². The van der Waals surface area contributed by atoms with Crippen molar-refractivity contribution < 1.29 is 28.5 Å². The average Bonchev–Trinajstić information content (AvgIpc) is 3.51. The number of carbonyl (C=O) groups is 2. The maximum Gasteiger partial charge on any atom is 0.256 e. The first-order chi connectivity index (χ1) is 20.9. The zero-order valence-corrected chi connectivity index (χ0v) is 25.0. The van der Waals surface area contributed by atoms with Gasteiger partial charge in [-0.3, -0.25) is 9.59 Å². The zero-order valence-electron chi connectivity index (χ0n) is 25.0. The van der Waals surface area contributed by atoms with Gasteiger partial charge in [-0.2, -0.15) is 0 Å². The molecule has 2 amide bonds. The Labute approximate surface area is 252 Å². The van der Waals surface area contributed by atoms with Crippen molar-refractivity contribution in [1.29, 1.82) is 0 Å². The fourth-order valence-electron chi connectivity index (χ4n) is 6.42. The van der Waals surface area contributed by atoms with E-state index in [0.717, 1.165) is 54.6 Å². The van der Waals surface area contributed by atoms with E-state index in [2.05, 4.69) is 23.8 Å². The fourth-order valence-corrected chi connectivity index (χ4v) is 6.42. The number of amides is 2. The first kappa shape index (κ1) is 28.8. The number of ether oxygens (including phenoxy) is 4. The molecular weight excluding hydrogens is 548 g/mol. The number of methoxy groups -OCH3 is 2. The lowest BCUT2D eigenvalue weighted by Gasteiger charge is -2.21. The van der Waals surface area contributed by atoms with Crippen LogP contribution in [-0.2, 0) is 0 Å². The van der Waals surface area contributed by atoms with Crippen LogP contribution in [0.3, 0.4) is 0 Å². The minimum atomic E-state index is -0.00591. The van der Waals surface area contributed by atoms with E-state index in [4.69, 9.17) is 18.9 Å². The van der Waals surface area contributed by atoms with Gasteiger partial charge in [0.2, 0.25) is 0 Å². The maximum atomic E-state index is 13.2. The molecule has 0 saturated carbocycles. The summed E-state index contributed by atoms with van der Waals surface area (Å²) < 4.78 is 23.3. The van der Waals surface area contributed by atoms with E-state index in [1.165, 1.54) is 0 Å². The lowest BCUT2D eigenvalue weighted by molar-refractivity contribution is 0.0744. The Balaban J connectivity index is 1.01. The standard InChI is InChI=1S/C33H40N4O6/c1-20-10-22-16-34-26-14-30(28(40-3)12-24(26)32(38)36(22)18-20)42-8-6-5-7-9-43-31-15-27-25(13-29(31)41-4)33(39)37-19-21(2)11-23(37)17-35-27/h12-15,22-23,34-35H,1-2,5-11,16-19H2,3-4H3/t22-,23?/m0/s1. The van der Waals surface area contributed by atoms with Crippen LogP contribution in [0.25, 0.3) is 0 Å². The van der Waals surface area contributed by atoms with Gasteiger partial charge in [-0.1, -0.05) is 24.3 Å². The molecule has 4 heterocycles. The van der Waals surface area contributed by atoms with E-state index in [9.17, 15) is 9.59 Å². The molecule has 43 heavy (non-hydrogen) atoms. The Morgan fingerprint density at radius 1 is 0.698 bits per heavy atom. The molecule has 0 aliphatic carbocycles. The summed E-state index contributed by atoms with van der Waals surface area (Å²) in [5.74, 6) is 2.31. The van der Waals surface area contributed by atoms with Crippen molar-refractivity contribution in [2.24, 2.45) is 0 Å². The molecule has 0 radical (unpaired) electrons. The van der Waals surface area contributed by atoms with Crippen LogP contribution in [0.2, 0.25) is 0 Å². The zero-order chi connectivity index (χ0) is 30.1. The van der Waals surface area contributed by atoms with E-state index < -0.39 is 0 Å². The Bertz CT molecular complexity index is 1350. The number of fused-ring (bicyclic) bond motifs is 4. The topological polar surface area (TPSA) is 102 Å². The van der Waals surface area contributed by atoms with Crippen LogP contribution < -0.4 is 29.6 Å². The van der Waals surface area contributed by atoms with E-state index in [1.807, 2.05) is 21.9 Å². The van der Waals surface area contributed by atoms with Gasteiger partial charge in [-0.25, -0.2) is 0 Å². The summed E-state index contributed by atoms with van der Waals surface area (Å²) in [6, 6.07) is 7.52. The normalized spacial score (nSPS) is 20.7. The molecule has 10 nitrogen and oxygen atoms in total. The van der Waals surface area contributed by atoms with Gasteiger partial charge in [0.15, 0.2) is 23.0 Å². The third-order valence-corrected chi connectivity index (χ3v) is 8.67. The number of anilines is 2. The monoisotopic (exact) mass is 588 g/mol. The Kier molecular flexibility index (Phi) is 8.10. The smallest absolute Gasteiger partial charge is 0.256 e. The fraction of sp³-hybridized carbons (Fsp3) is 0.455. The molecule has 0 bridgehead atoms. The van der Waals surface area contributed by atoms with Gasteiger partial charge in [-0.15, -0.1) is 0 Å². The van der Waals surface area contributed by atoms with Crippen LogP contribution >= 0.6 is 0 Å². The van der Waals surface area contributed by atoms with Gasteiger partial charge in [0, 0.05) is 38.3 Å².